The van der Waals surface area contributed by atoms with Crippen LogP contribution in [0, 0.1) is 5.92 Å². The highest BCUT2D eigenvalue weighted by Gasteiger charge is 2.22. The summed E-state index contributed by atoms with van der Waals surface area (Å²) >= 11 is 0. The second-order valence-corrected chi connectivity index (χ2v) is 6.32. The van der Waals surface area contributed by atoms with Crippen LogP contribution in [0.5, 0.6) is 11.5 Å². The highest BCUT2D eigenvalue weighted by molar-refractivity contribution is 5.41. The quantitative estimate of drug-likeness (QED) is 0.815. The van der Waals surface area contributed by atoms with E-state index < -0.39 is 0 Å². The van der Waals surface area contributed by atoms with Crippen molar-refractivity contribution in [2.75, 3.05) is 7.11 Å². The van der Waals surface area contributed by atoms with Crippen LogP contribution in [0.2, 0.25) is 0 Å². The fraction of sp³-hybridized carbons (Fsp3) is 0.667. The molecule has 0 heterocycles. The van der Waals surface area contributed by atoms with E-state index in [-0.39, 0.29) is 6.04 Å². The first-order valence-electron chi connectivity index (χ1n) is 8.27. The van der Waals surface area contributed by atoms with E-state index in [1.54, 1.807) is 13.2 Å². The average Bonchev–Trinajstić information content (AvgIpc) is 2.49. The number of ether oxygens (including phenoxy) is 1. The van der Waals surface area contributed by atoms with Crippen molar-refractivity contribution in [1.29, 1.82) is 0 Å². The molecule has 1 aliphatic carbocycles. The number of methoxy groups -OCH3 is 1. The number of phenols is 1. The number of benzene rings is 1. The summed E-state index contributed by atoms with van der Waals surface area (Å²) in [7, 11) is 1.62. The second kappa shape index (κ2) is 7.69. The standard InChI is InChI=1S/C18H29NO2/c1-4-5-14-6-8-15(9-7-14)19-13(2)17-11-10-16(21-3)12-18(17)20/h10-15,19-20H,4-9H2,1-3H3. The lowest BCUT2D eigenvalue weighted by Crippen LogP contribution is -2.35. The van der Waals surface area contributed by atoms with Crippen LogP contribution in [0.1, 0.15) is 64.0 Å². The molecule has 0 radical (unpaired) electrons. The molecule has 3 heteroatoms. The van der Waals surface area contributed by atoms with Gasteiger partial charge in [-0.15, -0.1) is 0 Å². The number of aromatic hydroxyl groups is 1. The van der Waals surface area contributed by atoms with Gasteiger partial charge in [-0.1, -0.05) is 25.8 Å². The Kier molecular flexibility index (Phi) is 5.92. The van der Waals surface area contributed by atoms with Gasteiger partial charge in [0.15, 0.2) is 0 Å². The maximum atomic E-state index is 10.1. The molecule has 2 N–H and O–H groups in total. The molecular weight excluding hydrogens is 262 g/mol. The Bertz CT molecular complexity index is 439. The van der Waals surface area contributed by atoms with E-state index in [0.29, 0.717) is 17.5 Å². The third-order valence-electron chi connectivity index (χ3n) is 4.73. The third-order valence-corrected chi connectivity index (χ3v) is 4.73. The second-order valence-electron chi connectivity index (χ2n) is 6.32. The van der Waals surface area contributed by atoms with Gasteiger partial charge in [-0.2, -0.15) is 0 Å². The average molecular weight is 291 g/mol. The van der Waals surface area contributed by atoms with Crippen molar-refractivity contribution in [3.05, 3.63) is 23.8 Å². The zero-order chi connectivity index (χ0) is 15.2. The number of phenolic OH excluding ortho intramolecular Hbond substituents is 1. The summed E-state index contributed by atoms with van der Waals surface area (Å²) < 4.78 is 5.13. The van der Waals surface area contributed by atoms with Gasteiger partial charge in [-0.05, 0) is 44.6 Å². The van der Waals surface area contributed by atoms with E-state index in [0.717, 1.165) is 11.5 Å². The molecule has 2 rings (SSSR count). The van der Waals surface area contributed by atoms with Crippen LogP contribution in [0.4, 0.5) is 0 Å². The first-order chi connectivity index (χ1) is 10.1. The van der Waals surface area contributed by atoms with E-state index in [2.05, 4.69) is 19.2 Å². The van der Waals surface area contributed by atoms with Gasteiger partial charge in [0, 0.05) is 23.7 Å². The molecule has 118 valence electrons. The van der Waals surface area contributed by atoms with E-state index in [1.165, 1.54) is 38.5 Å². The van der Waals surface area contributed by atoms with Gasteiger partial charge in [-0.25, -0.2) is 0 Å². The summed E-state index contributed by atoms with van der Waals surface area (Å²) in [6.45, 7) is 4.40. The number of hydrogen-bond donors (Lipinski definition) is 2. The predicted molar refractivity (Wildman–Crippen MR) is 86.9 cm³/mol. The first kappa shape index (κ1) is 16.2. The molecule has 1 aromatic carbocycles. The molecule has 21 heavy (non-hydrogen) atoms. The Hall–Kier alpha value is -1.22. The largest absolute Gasteiger partial charge is 0.507 e. The molecule has 0 bridgehead atoms. The molecule has 1 unspecified atom stereocenters. The van der Waals surface area contributed by atoms with Gasteiger partial charge in [0.05, 0.1) is 7.11 Å². The third kappa shape index (κ3) is 4.37. The smallest absolute Gasteiger partial charge is 0.124 e. The van der Waals surface area contributed by atoms with Gasteiger partial charge in [0.25, 0.3) is 0 Å². The number of rotatable bonds is 6. The topological polar surface area (TPSA) is 41.5 Å². The summed E-state index contributed by atoms with van der Waals surface area (Å²) in [5.74, 6) is 1.94. The van der Waals surface area contributed by atoms with Gasteiger partial charge in [-0.3, -0.25) is 0 Å². The monoisotopic (exact) mass is 291 g/mol. The van der Waals surface area contributed by atoms with Crippen LogP contribution in [0.25, 0.3) is 0 Å². The SMILES string of the molecule is CCCC1CCC(NC(C)c2ccc(OC)cc2O)CC1. The van der Waals surface area contributed by atoms with Crippen molar-refractivity contribution >= 4 is 0 Å². The molecule has 0 aromatic heterocycles. The van der Waals surface area contributed by atoms with E-state index in [4.69, 9.17) is 4.74 Å². The van der Waals surface area contributed by atoms with Crippen molar-refractivity contribution in [3.8, 4) is 11.5 Å². The van der Waals surface area contributed by atoms with Crippen LogP contribution >= 0.6 is 0 Å². The summed E-state index contributed by atoms with van der Waals surface area (Å²) in [5.41, 5.74) is 0.950. The molecular formula is C18H29NO2. The molecule has 1 aromatic rings. The summed E-state index contributed by atoms with van der Waals surface area (Å²) in [5, 5.41) is 13.8. The first-order valence-corrected chi connectivity index (χ1v) is 8.27. The van der Waals surface area contributed by atoms with Crippen molar-refractivity contribution in [1.82, 2.24) is 5.32 Å². The number of hydrogen-bond acceptors (Lipinski definition) is 3. The molecule has 0 saturated heterocycles. The lowest BCUT2D eigenvalue weighted by atomic mass is 9.83. The minimum absolute atomic E-state index is 0.170. The van der Waals surface area contributed by atoms with Crippen molar-refractivity contribution in [2.24, 2.45) is 5.92 Å². The molecule has 1 atom stereocenters. The maximum absolute atomic E-state index is 10.1. The molecule has 0 aliphatic heterocycles. The fourth-order valence-corrected chi connectivity index (χ4v) is 3.49. The Morgan fingerprint density at radius 3 is 2.57 bits per heavy atom. The summed E-state index contributed by atoms with van der Waals surface area (Å²) in [6, 6.07) is 6.30. The van der Waals surface area contributed by atoms with Crippen LogP contribution < -0.4 is 10.1 Å². The predicted octanol–water partition coefficient (Wildman–Crippen LogP) is 4.41. The molecule has 0 spiro atoms. The molecule has 0 amide bonds. The van der Waals surface area contributed by atoms with E-state index in [9.17, 15) is 5.11 Å². The molecule has 1 fully saturated rings. The van der Waals surface area contributed by atoms with Crippen LogP contribution in [0.15, 0.2) is 18.2 Å². The minimum atomic E-state index is 0.170. The Morgan fingerprint density at radius 2 is 2.00 bits per heavy atom. The van der Waals surface area contributed by atoms with Crippen LogP contribution in [-0.2, 0) is 0 Å². The Labute approximate surface area is 128 Å². The van der Waals surface area contributed by atoms with Crippen LogP contribution in [-0.4, -0.2) is 18.3 Å². The normalized spacial score (nSPS) is 23.8. The zero-order valence-corrected chi connectivity index (χ0v) is 13.6. The minimum Gasteiger partial charge on any atom is -0.507 e. The maximum Gasteiger partial charge on any atom is 0.124 e. The van der Waals surface area contributed by atoms with Gasteiger partial charge in [0.1, 0.15) is 11.5 Å². The Morgan fingerprint density at radius 1 is 1.29 bits per heavy atom. The van der Waals surface area contributed by atoms with Gasteiger partial charge < -0.3 is 15.2 Å². The fourth-order valence-electron chi connectivity index (χ4n) is 3.49. The van der Waals surface area contributed by atoms with Crippen molar-refractivity contribution in [3.63, 3.8) is 0 Å². The molecule has 1 saturated carbocycles. The van der Waals surface area contributed by atoms with Crippen molar-refractivity contribution < 1.29 is 9.84 Å². The van der Waals surface area contributed by atoms with Crippen LogP contribution in [0.3, 0.4) is 0 Å². The lowest BCUT2D eigenvalue weighted by Gasteiger charge is -2.31. The van der Waals surface area contributed by atoms with Gasteiger partial charge in [0.2, 0.25) is 0 Å². The number of nitrogens with one attached hydrogen (secondary N) is 1. The van der Waals surface area contributed by atoms with Crippen molar-refractivity contribution in [2.45, 2.75) is 64.5 Å². The Balaban J connectivity index is 1.89. The molecule has 3 nitrogen and oxygen atoms in total. The van der Waals surface area contributed by atoms with E-state index >= 15 is 0 Å². The van der Waals surface area contributed by atoms with E-state index in [1.807, 2.05) is 12.1 Å². The highest BCUT2D eigenvalue weighted by Crippen LogP contribution is 2.32. The van der Waals surface area contributed by atoms with Gasteiger partial charge >= 0.3 is 0 Å². The lowest BCUT2D eigenvalue weighted by molar-refractivity contribution is 0.265. The summed E-state index contributed by atoms with van der Waals surface area (Å²) in [4.78, 5) is 0. The highest BCUT2D eigenvalue weighted by atomic mass is 16.5. The molecule has 1 aliphatic rings. The zero-order valence-electron chi connectivity index (χ0n) is 13.6. The summed E-state index contributed by atoms with van der Waals surface area (Å²) in [6.07, 6.45) is 7.87.